The first-order chi connectivity index (χ1) is 10.8. The molecule has 1 aliphatic heterocycles. The number of aryl methyl sites for hydroxylation is 2. The van der Waals surface area contributed by atoms with Crippen molar-refractivity contribution >= 4 is 11.0 Å². The van der Waals surface area contributed by atoms with Crippen LogP contribution in [0.4, 0.5) is 0 Å². The molecular formula is C18H27N3O2. The molecule has 0 bridgehead atoms. The Labute approximate surface area is 137 Å². The molecule has 3 rings (SSSR count). The van der Waals surface area contributed by atoms with Crippen molar-refractivity contribution in [1.82, 2.24) is 14.9 Å². The molecule has 0 spiro atoms. The second-order valence-corrected chi connectivity index (χ2v) is 7.24. The molecule has 5 heteroatoms. The molecule has 2 aromatic rings. The molecule has 1 aromatic heterocycles. The summed E-state index contributed by atoms with van der Waals surface area (Å²) in [6.07, 6.45) is 1.03. The summed E-state index contributed by atoms with van der Waals surface area (Å²) in [5.41, 5.74) is 2.62. The van der Waals surface area contributed by atoms with Crippen molar-refractivity contribution in [2.45, 2.75) is 51.9 Å². The number of aliphatic hydroxyl groups is 1. The van der Waals surface area contributed by atoms with Gasteiger partial charge in [0.05, 0.1) is 35.4 Å². The maximum absolute atomic E-state index is 9.96. The van der Waals surface area contributed by atoms with Gasteiger partial charge in [-0.1, -0.05) is 6.07 Å². The number of nitrogens with zero attached hydrogens (tertiary/aromatic N) is 2. The number of imidazole rings is 1. The molecule has 1 fully saturated rings. The first-order valence-electron chi connectivity index (χ1n) is 8.35. The molecule has 1 aromatic carbocycles. The van der Waals surface area contributed by atoms with Crippen LogP contribution in [0.3, 0.4) is 0 Å². The Morgan fingerprint density at radius 3 is 2.91 bits per heavy atom. The topological polar surface area (TPSA) is 59.3 Å². The molecule has 126 valence electrons. The predicted octanol–water partition coefficient (Wildman–Crippen LogP) is 2.34. The molecule has 23 heavy (non-hydrogen) atoms. The van der Waals surface area contributed by atoms with Crippen LogP contribution >= 0.6 is 0 Å². The molecule has 2 atom stereocenters. The summed E-state index contributed by atoms with van der Waals surface area (Å²) in [7, 11) is 0. The third-order valence-electron chi connectivity index (χ3n) is 4.40. The lowest BCUT2D eigenvalue weighted by atomic mass is 10.0. The van der Waals surface area contributed by atoms with Crippen LogP contribution in [0.15, 0.2) is 18.2 Å². The van der Waals surface area contributed by atoms with Gasteiger partial charge in [0, 0.05) is 6.54 Å². The van der Waals surface area contributed by atoms with Gasteiger partial charge in [0.15, 0.2) is 0 Å². The van der Waals surface area contributed by atoms with Gasteiger partial charge >= 0.3 is 0 Å². The van der Waals surface area contributed by atoms with Gasteiger partial charge in [-0.05, 0) is 58.4 Å². The van der Waals surface area contributed by atoms with E-state index in [1.807, 2.05) is 0 Å². The summed E-state index contributed by atoms with van der Waals surface area (Å²) in [6, 6.07) is 6.66. The number of benzene rings is 1. The van der Waals surface area contributed by atoms with Gasteiger partial charge in [-0.15, -0.1) is 0 Å². The van der Waals surface area contributed by atoms with E-state index in [4.69, 9.17) is 9.72 Å². The van der Waals surface area contributed by atoms with Crippen LogP contribution in [0.5, 0.6) is 0 Å². The fourth-order valence-corrected chi connectivity index (χ4v) is 3.34. The van der Waals surface area contributed by atoms with Crippen LogP contribution in [0.2, 0.25) is 0 Å². The highest BCUT2D eigenvalue weighted by Crippen LogP contribution is 2.29. The molecular weight excluding hydrogens is 290 g/mol. The monoisotopic (exact) mass is 317 g/mol. The lowest BCUT2D eigenvalue weighted by Crippen LogP contribution is -2.45. The maximum atomic E-state index is 9.96. The normalized spacial score (nSPS) is 22.7. The Balaban J connectivity index is 1.93. The van der Waals surface area contributed by atoms with Gasteiger partial charge < -0.3 is 19.7 Å². The van der Waals surface area contributed by atoms with Crippen LogP contribution in [0, 0.1) is 13.8 Å². The van der Waals surface area contributed by atoms with Gasteiger partial charge in [0.2, 0.25) is 0 Å². The van der Waals surface area contributed by atoms with E-state index in [1.165, 1.54) is 5.56 Å². The highest BCUT2D eigenvalue weighted by Gasteiger charge is 2.30. The average molecular weight is 317 g/mol. The molecule has 2 heterocycles. The first kappa shape index (κ1) is 16.4. The van der Waals surface area contributed by atoms with E-state index < -0.39 is 5.60 Å². The minimum Gasteiger partial charge on any atom is -0.388 e. The smallest absolute Gasteiger partial charge is 0.107 e. The van der Waals surface area contributed by atoms with Crippen LogP contribution < -0.4 is 5.32 Å². The van der Waals surface area contributed by atoms with Gasteiger partial charge in [-0.25, -0.2) is 4.98 Å². The largest absolute Gasteiger partial charge is 0.388 e. The van der Waals surface area contributed by atoms with Crippen molar-refractivity contribution in [2.75, 3.05) is 19.7 Å². The maximum Gasteiger partial charge on any atom is 0.107 e. The van der Waals surface area contributed by atoms with Crippen molar-refractivity contribution in [1.29, 1.82) is 0 Å². The Hall–Kier alpha value is -1.43. The van der Waals surface area contributed by atoms with Crippen molar-refractivity contribution in [3.63, 3.8) is 0 Å². The number of aromatic nitrogens is 2. The summed E-state index contributed by atoms with van der Waals surface area (Å²) in [5.74, 6) is 1.02. The fraction of sp³-hybridized carbons (Fsp3) is 0.611. The molecule has 2 N–H and O–H groups in total. The van der Waals surface area contributed by atoms with Gasteiger partial charge in [-0.2, -0.15) is 0 Å². The molecule has 0 saturated carbocycles. The van der Waals surface area contributed by atoms with E-state index in [-0.39, 0.29) is 12.1 Å². The average Bonchev–Trinajstić information content (AvgIpc) is 2.79. The molecule has 0 radical (unpaired) electrons. The lowest BCUT2D eigenvalue weighted by molar-refractivity contribution is -0.0730. The van der Waals surface area contributed by atoms with E-state index in [0.717, 1.165) is 36.4 Å². The molecule has 0 amide bonds. The zero-order valence-corrected chi connectivity index (χ0v) is 14.5. The second-order valence-electron chi connectivity index (χ2n) is 7.24. The van der Waals surface area contributed by atoms with Crippen LogP contribution in [-0.4, -0.2) is 46.1 Å². The number of nitrogens with one attached hydrogen (secondary N) is 1. The minimum atomic E-state index is -0.814. The Morgan fingerprint density at radius 2 is 2.17 bits per heavy atom. The number of piperidine rings is 1. The number of ether oxygens (including phenoxy) is 1. The van der Waals surface area contributed by atoms with Crippen molar-refractivity contribution in [3.8, 4) is 0 Å². The van der Waals surface area contributed by atoms with E-state index in [2.05, 4.69) is 41.9 Å². The standard InChI is InChI=1S/C18H27N3O2/c1-12-5-6-15-14(9-12)20-13(2)21(15)16-7-8-19-10-17(16)23-11-18(3,4)22/h5-6,9,16-17,19,22H,7-8,10-11H2,1-4H3/t16-,17-/m0/s1. The number of fused-ring (bicyclic) bond motifs is 1. The lowest BCUT2D eigenvalue weighted by Gasteiger charge is -2.35. The summed E-state index contributed by atoms with van der Waals surface area (Å²) >= 11 is 0. The number of hydrogen-bond donors (Lipinski definition) is 2. The molecule has 5 nitrogen and oxygen atoms in total. The van der Waals surface area contributed by atoms with Crippen LogP contribution in [0.1, 0.15) is 37.7 Å². The van der Waals surface area contributed by atoms with E-state index in [9.17, 15) is 5.11 Å². The van der Waals surface area contributed by atoms with Crippen LogP contribution in [-0.2, 0) is 4.74 Å². The predicted molar refractivity (Wildman–Crippen MR) is 91.8 cm³/mol. The van der Waals surface area contributed by atoms with Crippen LogP contribution in [0.25, 0.3) is 11.0 Å². The Morgan fingerprint density at radius 1 is 1.39 bits per heavy atom. The zero-order valence-electron chi connectivity index (χ0n) is 14.5. The Bertz CT molecular complexity index is 687. The SMILES string of the molecule is Cc1ccc2c(c1)nc(C)n2[C@H]1CCNC[C@@H]1OCC(C)(C)O. The highest BCUT2D eigenvalue weighted by molar-refractivity contribution is 5.77. The summed E-state index contributed by atoms with van der Waals surface area (Å²) in [6.45, 7) is 9.81. The van der Waals surface area contributed by atoms with Crippen molar-refractivity contribution in [3.05, 3.63) is 29.6 Å². The highest BCUT2D eigenvalue weighted by atomic mass is 16.5. The molecule has 0 aliphatic carbocycles. The van der Waals surface area contributed by atoms with Gasteiger partial charge in [-0.3, -0.25) is 0 Å². The van der Waals surface area contributed by atoms with Gasteiger partial charge in [0.1, 0.15) is 5.82 Å². The quantitative estimate of drug-likeness (QED) is 0.909. The number of rotatable bonds is 4. The number of hydrogen-bond acceptors (Lipinski definition) is 4. The van der Waals surface area contributed by atoms with Gasteiger partial charge in [0.25, 0.3) is 0 Å². The van der Waals surface area contributed by atoms with Crippen molar-refractivity contribution in [2.24, 2.45) is 0 Å². The minimum absolute atomic E-state index is 0.0348. The van der Waals surface area contributed by atoms with E-state index in [1.54, 1.807) is 13.8 Å². The third kappa shape index (κ3) is 3.57. The summed E-state index contributed by atoms with van der Waals surface area (Å²) in [4.78, 5) is 4.73. The third-order valence-corrected chi connectivity index (χ3v) is 4.40. The zero-order chi connectivity index (χ0) is 16.6. The summed E-state index contributed by atoms with van der Waals surface area (Å²) in [5, 5.41) is 13.4. The Kier molecular flexibility index (Phi) is 4.45. The molecule has 1 saturated heterocycles. The molecule has 1 aliphatic rings. The van der Waals surface area contributed by atoms with Crippen molar-refractivity contribution < 1.29 is 9.84 Å². The first-order valence-corrected chi connectivity index (χ1v) is 8.35. The van der Waals surface area contributed by atoms with E-state index in [0.29, 0.717) is 6.61 Å². The molecule has 0 unspecified atom stereocenters. The fourth-order valence-electron chi connectivity index (χ4n) is 3.34. The summed E-state index contributed by atoms with van der Waals surface area (Å²) < 4.78 is 8.36. The second kappa shape index (κ2) is 6.23. The van der Waals surface area contributed by atoms with E-state index >= 15 is 0 Å².